The van der Waals surface area contributed by atoms with Crippen LogP contribution < -0.4 is 5.56 Å². The van der Waals surface area contributed by atoms with Crippen LogP contribution in [0.2, 0.25) is 0 Å². The van der Waals surface area contributed by atoms with Crippen LogP contribution in [0.1, 0.15) is 22.3 Å². The minimum Gasteiger partial charge on any atom is -0.481 e. The molecule has 1 fully saturated rings. The van der Waals surface area contributed by atoms with Crippen LogP contribution >= 0.6 is 0 Å². The number of hydrogen-bond donors (Lipinski definition) is 2. The molecule has 1 aromatic carbocycles. The lowest BCUT2D eigenvalue weighted by Gasteiger charge is -2.43. The van der Waals surface area contributed by atoms with Crippen molar-refractivity contribution in [1.82, 2.24) is 9.47 Å². The summed E-state index contributed by atoms with van der Waals surface area (Å²) >= 11 is 0. The van der Waals surface area contributed by atoms with Gasteiger partial charge in [0.25, 0.3) is 11.5 Å². The van der Waals surface area contributed by atoms with E-state index in [-0.39, 0.29) is 31.5 Å². The lowest BCUT2D eigenvalue weighted by atomic mass is 9.72. The molecule has 1 saturated heterocycles. The molecular formula is C20H21FN2O5. The molecular weight excluding hydrogens is 367 g/mol. The molecule has 1 aliphatic rings. The summed E-state index contributed by atoms with van der Waals surface area (Å²) in [6.45, 7) is -0.117. The van der Waals surface area contributed by atoms with Crippen molar-refractivity contribution >= 4 is 11.9 Å². The van der Waals surface area contributed by atoms with Gasteiger partial charge in [-0.15, -0.1) is 0 Å². The van der Waals surface area contributed by atoms with Crippen LogP contribution in [-0.4, -0.2) is 50.8 Å². The molecule has 0 saturated carbocycles. The van der Waals surface area contributed by atoms with Crippen molar-refractivity contribution in [2.75, 3.05) is 13.1 Å². The van der Waals surface area contributed by atoms with Gasteiger partial charge >= 0.3 is 5.97 Å². The molecule has 0 aliphatic carbocycles. The Labute approximate surface area is 160 Å². The maximum atomic E-state index is 13.2. The number of aryl methyl sites for hydroxylation is 1. The summed E-state index contributed by atoms with van der Waals surface area (Å²) in [6.07, 6.45) is 0.333. The van der Waals surface area contributed by atoms with Gasteiger partial charge < -0.3 is 19.7 Å². The summed E-state index contributed by atoms with van der Waals surface area (Å²) < 4.78 is 14.4. The normalized spacial score (nSPS) is 22.1. The molecule has 1 aliphatic heterocycles. The van der Waals surface area contributed by atoms with Crippen LogP contribution in [0.5, 0.6) is 0 Å². The van der Waals surface area contributed by atoms with Crippen molar-refractivity contribution < 1.29 is 24.2 Å². The highest BCUT2D eigenvalue weighted by molar-refractivity contribution is 5.94. The number of carbonyl (C=O) groups excluding carboxylic acids is 1. The SMILES string of the molecule is Cn1cccc(C(=O)N2CC[C@H](O)[C@](Cc3ccc(F)cc3)(C(=O)O)C2)c1=O. The third-order valence-electron chi connectivity index (χ3n) is 5.28. The van der Waals surface area contributed by atoms with E-state index in [0.717, 1.165) is 0 Å². The van der Waals surface area contributed by atoms with Gasteiger partial charge in [0, 0.05) is 26.3 Å². The standard InChI is InChI=1S/C20H21FN2O5/c1-22-9-2-3-15(17(22)25)18(26)23-10-8-16(24)20(12-23,19(27)28)11-13-4-6-14(21)7-5-13/h2-7,9,16,24H,8,10-12H2,1H3,(H,27,28)/t16-,20+/m0/s1. The summed E-state index contributed by atoms with van der Waals surface area (Å²) in [5.74, 6) is -2.27. The first kappa shape index (κ1) is 19.8. The first-order chi connectivity index (χ1) is 13.2. The third-order valence-corrected chi connectivity index (χ3v) is 5.28. The van der Waals surface area contributed by atoms with Gasteiger partial charge in [-0.25, -0.2) is 4.39 Å². The fraction of sp³-hybridized carbons (Fsp3) is 0.350. The Kier molecular flexibility index (Phi) is 5.33. The Morgan fingerprint density at radius 3 is 2.57 bits per heavy atom. The maximum Gasteiger partial charge on any atom is 0.314 e. The quantitative estimate of drug-likeness (QED) is 0.816. The van der Waals surface area contributed by atoms with Crippen LogP contribution in [-0.2, 0) is 18.3 Å². The Morgan fingerprint density at radius 2 is 1.93 bits per heavy atom. The molecule has 28 heavy (non-hydrogen) atoms. The highest BCUT2D eigenvalue weighted by atomic mass is 19.1. The average molecular weight is 388 g/mol. The van der Waals surface area contributed by atoms with E-state index < -0.39 is 34.8 Å². The molecule has 0 spiro atoms. The summed E-state index contributed by atoms with van der Waals surface area (Å²) in [6, 6.07) is 8.32. The number of nitrogens with zero attached hydrogens (tertiary/aromatic N) is 2. The first-order valence-corrected chi connectivity index (χ1v) is 8.85. The van der Waals surface area contributed by atoms with Crippen LogP contribution in [0.25, 0.3) is 0 Å². The second-order valence-corrected chi connectivity index (χ2v) is 7.13. The van der Waals surface area contributed by atoms with Gasteiger partial charge in [-0.3, -0.25) is 14.4 Å². The zero-order chi connectivity index (χ0) is 20.5. The van der Waals surface area contributed by atoms with E-state index in [0.29, 0.717) is 5.56 Å². The summed E-state index contributed by atoms with van der Waals surface area (Å²) in [4.78, 5) is 38.6. The molecule has 148 valence electrons. The topological polar surface area (TPSA) is 99.8 Å². The molecule has 0 bridgehead atoms. The monoisotopic (exact) mass is 388 g/mol. The van der Waals surface area contributed by atoms with Gasteiger partial charge in [-0.05, 0) is 42.7 Å². The van der Waals surface area contributed by atoms with Gasteiger partial charge in [0.05, 0.1) is 6.10 Å². The highest BCUT2D eigenvalue weighted by Gasteiger charge is 2.50. The van der Waals surface area contributed by atoms with E-state index in [4.69, 9.17) is 0 Å². The minimum atomic E-state index is -1.65. The van der Waals surface area contributed by atoms with Crippen LogP contribution in [0, 0.1) is 11.2 Å². The third kappa shape index (κ3) is 3.55. The smallest absolute Gasteiger partial charge is 0.314 e. The summed E-state index contributed by atoms with van der Waals surface area (Å²) in [5, 5.41) is 20.4. The number of aromatic nitrogens is 1. The van der Waals surface area contributed by atoms with E-state index in [1.807, 2.05) is 0 Å². The molecule has 1 aromatic heterocycles. The van der Waals surface area contributed by atoms with Gasteiger partial charge in [0.15, 0.2) is 0 Å². The van der Waals surface area contributed by atoms with Crippen LogP contribution in [0.4, 0.5) is 4.39 Å². The minimum absolute atomic E-state index is 0.0533. The molecule has 2 atom stereocenters. The number of piperidine rings is 1. The van der Waals surface area contributed by atoms with Crippen molar-refractivity contribution in [2.24, 2.45) is 12.5 Å². The van der Waals surface area contributed by atoms with E-state index in [1.54, 1.807) is 6.07 Å². The molecule has 1 amide bonds. The maximum absolute atomic E-state index is 13.2. The van der Waals surface area contributed by atoms with Gasteiger partial charge in [-0.2, -0.15) is 0 Å². The van der Waals surface area contributed by atoms with Crippen LogP contribution in [0.15, 0.2) is 47.4 Å². The molecule has 0 radical (unpaired) electrons. The van der Waals surface area contributed by atoms with E-state index >= 15 is 0 Å². The Hall–Kier alpha value is -3.00. The molecule has 2 N–H and O–H groups in total. The van der Waals surface area contributed by atoms with Gasteiger partial charge in [-0.1, -0.05) is 12.1 Å². The number of benzene rings is 1. The summed E-state index contributed by atoms with van der Waals surface area (Å²) in [5.41, 5.74) is -1.64. The number of halogens is 1. The second-order valence-electron chi connectivity index (χ2n) is 7.13. The number of pyridine rings is 1. The van der Waals surface area contributed by atoms with Crippen molar-refractivity contribution in [3.05, 3.63) is 69.9 Å². The fourth-order valence-corrected chi connectivity index (χ4v) is 3.61. The van der Waals surface area contributed by atoms with Crippen molar-refractivity contribution in [3.63, 3.8) is 0 Å². The van der Waals surface area contributed by atoms with Crippen molar-refractivity contribution in [1.29, 1.82) is 0 Å². The second kappa shape index (κ2) is 7.55. The van der Waals surface area contributed by atoms with Gasteiger partial charge in [0.2, 0.25) is 0 Å². The molecule has 2 aromatic rings. The largest absolute Gasteiger partial charge is 0.481 e. The van der Waals surface area contributed by atoms with E-state index in [9.17, 15) is 29.0 Å². The molecule has 8 heteroatoms. The van der Waals surface area contributed by atoms with E-state index in [1.165, 1.54) is 53.0 Å². The van der Waals surface area contributed by atoms with Gasteiger partial charge in [0.1, 0.15) is 16.8 Å². The number of aliphatic hydroxyl groups excluding tert-OH is 1. The lowest BCUT2D eigenvalue weighted by Crippen LogP contribution is -2.58. The van der Waals surface area contributed by atoms with Crippen LogP contribution in [0.3, 0.4) is 0 Å². The molecule has 0 unspecified atom stereocenters. The number of aliphatic hydroxyl groups is 1. The number of amides is 1. The zero-order valence-electron chi connectivity index (χ0n) is 15.3. The number of likely N-dealkylation sites (tertiary alicyclic amines) is 1. The Morgan fingerprint density at radius 1 is 1.25 bits per heavy atom. The predicted molar refractivity (Wildman–Crippen MR) is 98.4 cm³/mol. The number of carboxylic acids is 1. The number of aliphatic carboxylic acids is 1. The first-order valence-electron chi connectivity index (χ1n) is 8.85. The number of hydrogen-bond acceptors (Lipinski definition) is 4. The van der Waals surface area contributed by atoms with Crippen molar-refractivity contribution in [3.8, 4) is 0 Å². The molecule has 7 nitrogen and oxygen atoms in total. The molecule has 3 rings (SSSR count). The lowest BCUT2D eigenvalue weighted by molar-refractivity contribution is -0.161. The molecule has 2 heterocycles. The predicted octanol–water partition coefficient (Wildman–Crippen LogP) is 1.04. The number of carbonyl (C=O) groups is 2. The number of carboxylic acid groups (broad SMARTS) is 1. The van der Waals surface area contributed by atoms with Crippen molar-refractivity contribution in [2.45, 2.75) is 18.9 Å². The number of rotatable bonds is 4. The Bertz CT molecular complexity index is 956. The summed E-state index contributed by atoms with van der Waals surface area (Å²) in [7, 11) is 1.52. The average Bonchev–Trinajstić information content (AvgIpc) is 2.67. The zero-order valence-corrected chi connectivity index (χ0v) is 15.3. The fourth-order valence-electron chi connectivity index (χ4n) is 3.61. The van der Waals surface area contributed by atoms with E-state index in [2.05, 4.69) is 0 Å². The highest BCUT2D eigenvalue weighted by Crippen LogP contribution is 2.35. The Balaban J connectivity index is 1.93.